The van der Waals surface area contributed by atoms with E-state index >= 15 is 0 Å². The fourth-order valence-corrected chi connectivity index (χ4v) is 3.97. The number of carbonyl (C=O) groups excluding carboxylic acids is 1. The zero-order valence-electron chi connectivity index (χ0n) is 17.5. The van der Waals surface area contributed by atoms with E-state index in [1.165, 1.54) is 6.20 Å². The Labute approximate surface area is 181 Å². The molecule has 2 heterocycles. The summed E-state index contributed by atoms with van der Waals surface area (Å²) < 4.78 is 11.4. The third kappa shape index (κ3) is 5.62. The van der Waals surface area contributed by atoms with Crippen LogP contribution in [0.25, 0.3) is 0 Å². The lowest BCUT2D eigenvalue weighted by molar-refractivity contribution is 0.0256. The van der Waals surface area contributed by atoms with E-state index in [0.29, 0.717) is 11.8 Å². The van der Waals surface area contributed by atoms with E-state index < -0.39 is 5.91 Å². The number of ether oxygens (including phenoxy) is 2. The number of hydrogen-bond donors (Lipinski definition) is 4. The van der Waals surface area contributed by atoms with Crippen molar-refractivity contribution >= 4 is 23.4 Å². The maximum Gasteiger partial charge on any atom is 0.254 e. The summed E-state index contributed by atoms with van der Waals surface area (Å²) in [4.78, 5) is 20.6. The van der Waals surface area contributed by atoms with Crippen molar-refractivity contribution in [1.82, 2.24) is 9.97 Å². The summed E-state index contributed by atoms with van der Waals surface area (Å²) >= 11 is 0. The van der Waals surface area contributed by atoms with Crippen molar-refractivity contribution in [3.05, 3.63) is 36.0 Å². The number of rotatable bonds is 7. The molecule has 2 aromatic rings. The van der Waals surface area contributed by atoms with Gasteiger partial charge in [-0.2, -0.15) is 4.98 Å². The quantitative estimate of drug-likeness (QED) is 0.530. The van der Waals surface area contributed by atoms with E-state index in [1.54, 1.807) is 0 Å². The topological polar surface area (TPSA) is 137 Å². The standard InChI is InChI=1S/C22H30N6O3/c23-18-3-1-2-4-19(18)27-22-25-13-17(20(24)29)21(28-22)26-14-5-7-15(8-6-14)31-16-9-11-30-12-10-16/h5-8,13,16,18-19H,1-4,9-12,23H2,(H2,24,29)(H2,25,26,27,28)/t18-,19+/m0/s1. The number of hydrogen-bond acceptors (Lipinski definition) is 8. The highest BCUT2D eigenvalue weighted by Gasteiger charge is 2.23. The molecule has 0 spiro atoms. The van der Waals surface area contributed by atoms with E-state index in [2.05, 4.69) is 20.6 Å². The van der Waals surface area contributed by atoms with Crippen LogP contribution in [0.15, 0.2) is 30.5 Å². The summed E-state index contributed by atoms with van der Waals surface area (Å²) in [6.07, 6.45) is 7.61. The molecule has 4 rings (SSSR count). The van der Waals surface area contributed by atoms with E-state index in [4.69, 9.17) is 20.9 Å². The van der Waals surface area contributed by atoms with E-state index in [1.807, 2.05) is 24.3 Å². The molecule has 2 atom stereocenters. The number of primary amides is 1. The van der Waals surface area contributed by atoms with Crippen molar-refractivity contribution in [3.63, 3.8) is 0 Å². The van der Waals surface area contributed by atoms with Crippen LogP contribution < -0.4 is 26.8 Å². The molecule has 0 radical (unpaired) electrons. The van der Waals surface area contributed by atoms with Gasteiger partial charge in [0.15, 0.2) is 0 Å². The molecule has 9 heteroatoms. The molecular weight excluding hydrogens is 396 g/mol. The van der Waals surface area contributed by atoms with Crippen LogP contribution in [0.2, 0.25) is 0 Å². The largest absolute Gasteiger partial charge is 0.490 e. The predicted octanol–water partition coefficient (Wildman–Crippen LogP) is 2.56. The van der Waals surface area contributed by atoms with Gasteiger partial charge in [-0.15, -0.1) is 0 Å². The van der Waals surface area contributed by atoms with Crippen LogP contribution in [0.3, 0.4) is 0 Å². The van der Waals surface area contributed by atoms with E-state index in [-0.39, 0.29) is 23.8 Å². The first-order valence-corrected chi connectivity index (χ1v) is 10.9. The molecule has 9 nitrogen and oxygen atoms in total. The predicted molar refractivity (Wildman–Crippen MR) is 119 cm³/mol. The highest BCUT2D eigenvalue weighted by atomic mass is 16.5. The highest BCUT2D eigenvalue weighted by molar-refractivity contribution is 5.98. The summed E-state index contributed by atoms with van der Waals surface area (Å²) in [6, 6.07) is 7.72. The lowest BCUT2D eigenvalue weighted by Gasteiger charge is -2.29. The minimum atomic E-state index is -0.595. The van der Waals surface area contributed by atoms with Gasteiger partial charge in [-0.05, 0) is 37.1 Å². The number of carbonyl (C=O) groups is 1. The van der Waals surface area contributed by atoms with Crippen LogP contribution >= 0.6 is 0 Å². The SMILES string of the molecule is NC(=O)c1cnc(N[C@@H]2CCCC[C@@H]2N)nc1Nc1ccc(OC2CCOCC2)cc1. The number of anilines is 3. The smallest absolute Gasteiger partial charge is 0.254 e. The molecule has 1 saturated carbocycles. The average Bonchev–Trinajstić information content (AvgIpc) is 2.77. The molecule has 6 N–H and O–H groups in total. The maximum absolute atomic E-state index is 11.9. The summed E-state index contributed by atoms with van der Waals surface area (Å²) in [5.74, 6) is 0.980. The molecule has 1 aliphatic carbocycles. The Morgan fingerprint density at radius 2 is 1.84 bits per heavy atom. The average molecular weight is 427 g/mol. The van der Waals surface area contributed by atoms with Gasteiger partial charge < -0.3 is 31.6 Å². The molecule has 2 aliphatic rings. The Bertz CT molecular complexity index is 885. The van der Waals surface area contributed by atoms with Gasteiger partial charge in [0.25, 0.3) is 5.91 Å². The number of nitrogens with two attached hydrogens (primary N) is 2. The Morgan fingerprint density at radius 1 is 1.10 bits per heavy atom. The molecule has 1 aromatic heterocycles. The van der Waals surface area contributed by atoms with Gasteiger partial charge in [0.1, 0.15) is 23.2 Å². The monoisotopic (exact) mass is 426 g/mol. The van der Waals surface area contributed by atoms with Crippen LogP contribution in [-0.2, 0) is 4.74 Å². The molecular formula is C22H30N6O3. The molecule has 1 amide bonds. The second-order valence-corrected chi connectivity index (χ2v) is 8.10. The van der Waals surface area contributed by atoms with Crippen LogP contribution in [0, 0.1) is 0 Å². The van der Waals surface area contributed by atoms with Crippen molar-refractivity contribution in [2.45, 2.75) is 56.7 Å². The van der Waals surface area contributed by atoms with E-state index in [9.17, 15) is 4.79 Å². The lowest BCUT2D eigenvalue weighted by Crippen LogP contribution is -2.43. The fraction of sp³-hybridized carbons (Fsp3) is 0.500. The third-order valence-electron chi connectivity index (χ3n) is 5.78. The molecule has 1 aliphatic heterocycles. The van der Waals surface area contributed by atoms with Crippen LogP contribution in [0.1, 0.15) is 48.9 Å². The fourth-order valence-electron chi connectivity index (χ4n) is 3.97. The zero-order valence-corrected chi connectivity index (χ0v) is 17.5. The zero-order chi connectivity index (χ0) is 21.6. The molecule has 0 unspecified atom stereocenters. The number of benzene rings is 1. The van der Waals surface area contributed by atoms with Crippen molar-refractivity contribution < 1.29 is 14.3 Å². The van der Waals surface area contributed by atoms with Crippen LogP contribution in [-0.4, -0.2) is 47.3 Å². The van der Waals surface area contributed by atoms with Crippen LogP contribution in [0.5, 0.6) is 5.75 Å². The highest BCUT2D eigenvalue weighted by Crippen LogP contribution is 2.25. The number of nitrogens with one attached hydrogen (secondary N) is 2. The summed E-state index contributed by atoms with van der Waals surface area (Å²) in [7, 11) is 0. The third-order valence-corrected chi connectivity index (χ3v) is 5.78. The molecule has 2 fully saturated rings. The van der Waals surface area contributed by atoms with Gasteiger partial charge in [-0.1, -0.05) is 12.8 Å². The van der Waals surface area contributed by atoms with Crippen LogP contribution in [0.4, 0.5) is 17.5 Å². The van der Waals surface area contributed by atoms with Crippen molar-refractivity contribution in [2.24, 2.45) is 11.5 Å². The molecule has 1 aromatic carbocycles. The Hall–Kier alpha value is -2.91. The summed E-state index contributed by atoms with van der Waals surface area (Å²) in [6.45, 7) is 1.46. The van der Waals surface area contributed by atoms with Crippen molar-refractivity contribution in [1.29, 1.82) is 0 Å². The molecule has 1 saturated heterocycles. The normalized spacial score (nSPS) is 22.0. The van der Waals surface area contributed by atoms with Gasteiger partial charge in [0, 0.05) is 36.8 Å². The lowest BCUT2D eigenvalue weighted by atomic mass is 9.91. The molecule has 0 bridgehead atoms. The van der Waals surface area contributed by atoms with Gasteiger partial charge in [0.2, 0.25) is 5.95 Å². The number of aromatic nitrogens is 2. The maximum atomic E-state index is 11.9. The van der Waals surface area contributed by atoms with E-state index in [0.717, 1.165) is 63.2 Å². The Balaban J connectivity index is 1.46. The Kier molecular flexibility index (Phi) is 6.83. The first kappa shape index (κ1) is 21.3. The molecule has 31 heavy (non-hydrogen) atoms. The minimum Gasteiger partial charge on any atom is -0.490 e. The number of amides is 1. The Morgan fingerprint density at radius 3 is 2.55 bits per heavy atom. The van der Waals surface area contributed by atoms with Gasteiger partial charge >= 0.3 is 0 Å². The second kappa shape index (κ2) is 9.93. The van der Waals surface area contributed by atoms with Gasteiger partial charge in [0.05, 0.1) is 13.2 Å². The van der Waals surface area contributed by atoms with Gasteiger partial charge in [-0.25, -0.2) is 4.98 Å². The van der Waals surface area contributed by atoms with Gasteiger partial charge in [-0.3, -0.25) is 4.79 Å². The second-order valence-electron chi connectivity index (χ2n) is 8.10. The number of nitrogens with zero attached hydrogens (tertiary/aromatic N) is 2. The minimum absolute atomic E-state index is 0.0628. The first-order chi connectivity index (χ1) is 15.1. The van der Waals surface area contributed by atoms with Crippen molar-refractivity contribution in [2.75, 3.05) is 23.8 Å². The first-order valence-electron chi connectivity index (χ1n) is 10.9. The molecule has 166 valence electrons. The summed E-state index contributed by atoms with van der Waals surface area (Å²) in [5, 5.41) is 6.48. The van der Waals surface area contributed by atoms with Crippen molar-refractivity contribution in [3.8, 4) is 5.75 Å². The summed E-state index contributed by atoms with van der Waals surface area (Å²) in [5.41, 5.74) is 12.7.